The molecule has 6 nitrogen and oxygen atoms in total. The molecule has 0 aliphatic heterocycles. The van der Waals surface area contributed by atoms with Gasteiger partial charge in [-0.25, -0.2) is 4.99 Å². The molecule has 0 saturated carbocycles. The van der Waals surface area contributed by atoms with E-state index < -0.39 is 11.7 Å². The third-order valence-corrected chi connectivity index (χ3v) is 3.64. The molecular weight excluding hydrogens is 333 g/mol. The fourth-order valence-electron chi connectivity index (χ4n) is 2.08. The monoisotopic (exact) mass is 354 g/mol. The quantitative estimate of drug-likeness (QED) is 0.639. The fourth-order valence-corrected chi connectivity index (χ4v) is 2.08. The van der Waals surface area contributed by atoms with Crippen LogP contribution in [0.3, 0.4) is 0 Å². The summed E-state index contributed by atoms with van der Waals surface area (Å²) in [5, 5.41) is 14.3. The Bertz CT molecular complexity index is 718. The van der Waals surface area contributed by atoms with E-state index in [0.717, 1.165) is 23.8 Å². The molecule has 1 heterocycles. The SMILES string of the molecule is CCNC(=NCc1ccc(C(F)(F)F)cc1)NCc1nnc(C)n1C. The Morgan fingerprint density at radius 2 is 1.84 bits per heavy atom. The first-order valence-corrected chi connectivity index (χ1v) is 7.84. The Labute approximate surface area is 144 Å². The number of hydrogen-bond acceptors (Lipinski definition) is 3. The summed E-state index contributed by atoms with van der Waals surface area (Å²) in [5.74, 6) is 2.13. The molecule has 0 saturated heterocycles. The lowest BCUT2D eigenvalue weighted by Gasteiger charge is -2.11. The summed E-state index contributed by atoms with van der Waals surface area (Å²) in [6.07, 6.45) is -4.33. The van der Waals surface area contributed by atoms with Crippen LogP contribution < -0.4 is 10.6 Å². The molecule has 1 aromatic carbocycles. The van der Waals surface area contributed by atoms with Crippen LogP contribution in [0.5, 0.6) is 0 Å². The summed E-state index contributed by atoms with van der Waals surface area (Å²) in [7, 11) is 1.87. The zero-order chi connectivity index (χ0) is 18.4. The molecule has 0 bridgehead atoms. The molecule has 25 heavy (non-hydrogen) atoms. The molecule has 0 spiro atoms. The number of alkyl halides is 3. The number of aryl methyl sites for hydroxylation is 1. The molecule has 0 amide bonds. The number of nitrogens with one attached hydrogen (secondary N) is 2. The summed E-state index contributed by atoms with van der Waals surface area (Å²) in [6, 6.07) is 4.99. The van der Waals surface area contributed by atoms with Gasteiger partial charge in [0.15, 0.2) is 11.8 Å². The molecule has 2 N–H and O–H groups in total. The maximum atomic E-state index is 12.6. The third-order valence-electron chi connectivity index (χ3n) is 3.64. The first-order valence-electron chi connectivity index (χ1n) is 7.84. The molecule has 2 rings (SSSR count). The number of benzene rings is 1. The normalized spacial score (nSPS) is 12.3. The second-order valence-corrected chi connectivity index (χ2v) is 5.47. The largest absolute Gasteiger partial charge is 0.416 e. The van der Waals surface area contributed by atoms with Crippen molar-refractivity contribution in [3.63, 3.8) is 0 Å². The zero-order valence-corrected chi connectivity index (χ0v) is 14.4. The van der Waals surface area contributed by atoms with E-state index in [1.807, 2.05) is 25.5 Å². The molecule has 0 unspecified atom stereocenters. The minimum atomic E-state index is -4.33. The van der Waals surface area contributed by atoms with Crippen molar-refractivity contribution in [1.82, 2.24) is 25.4 Å². The number of rotatable bonds is 5. The van der Waals surface area contributed by atoms with Crippen LogP contribution in [0, 0.1) is 6.92 Å². The summed E-state index contributed by atoms with van der Waals surface area (Å²) in [4.78, 5) is 4.38. The van der Waals surface area contributed by atoms with Crippen LogP contribution >= 0.6 is 0 Å². The predicted molar refractivity (Wildman–Crippen MR) is 88.8 cm³/mol. The van der Waals surface area contributed by atoms with E-state index in [2.05, 4.69) is 25.8 Å². The molecule has 136 valence electrons. The van der Waals surface area contributed by atoms with E-state index >= 15 is 0 Å². The lowest BCUT2D eigenvalue weighted by molar-refractivity contribution is -0.137. The Morgan fingerprint density at radius 3 is 2.36 bits per heavy atom. The van der Waals surface area contributed by atoms with Crippen molar-refractivity contribution < 1.29 is 13.2 Å². The molecule has 0 atom stereocenters. The highest BCUT2D eigenvalue weighted by molar-refractivity contribution is 5.79. The lowest BCUT2D eigenvalue weighted by atomic mass is 10.1. The summed E-state index contributed by atoms with van der Waals surface area (Å²) < 4.78 is 39.6. The first-order chi connectivity index (χ1) is 11.8. The molecule has 0 aliphatic carbocycles. The summed E-state index contributed by atoms with van der Waals surface area (Å²) in [5.41, 5.74) is 0.0302. The summed E-state index contributed by atoms with van der Waals surface area (Å²) in [6.45, 7) is 5.17. The van der Waals surface area contributed by atoms with Gasteiger partial charge in [0.1, 0.15) is 5.82 Å². The van der Waals surface area contributed by atoms with E-state index in [1.165, 1.54) is 12.1 Å². The Balaban J connectivity index is 2.00. The summed E-state index contributed by atoms with van der Waals surface area (Å²) >= 11 is 0. The molecule has 9 heteroatoms. The van der Waals surface area contributed by atoms with Gasteiger partial charge in [-0.3, -0.25) is 0 Å². The number of guanidine groups is 1. The van der Waals surface area contributed by atoms with Crippen molar-refractivity contribution in [2.45, 2.75) is 33.1 Å². The minimum Gasteiger partial charge on any atom is -0.357 e. The van der Waals surface area contributed by atoms with Crippen molar-refractivity contribution >= 4 is 5.96 Å². The maximum Gasteiger partial charge on any atom is 0.416 e. The van der Waals surface area contributed by atoms with E-state index in [9.17, 15) is 13.2 Å². The molecular formula is C16H21F3N6. The maximum absolute atomic E-state index is 12.6. The first kappa shape index (κ1) is 18.8. The Kier molecular flexibility index (Phi) is 6.00. The second kappa shape index (κ2) is 8.00. The predicted octanol–water partition coefficient (Wildman–Crippen LogP) is 2.40. The Morgan fingerprint density at radius 1 is 1.16 bits per heavy atom. The van der Waals surface area contributed by atoms with Gasteiger partial charge in [-0.05, 0) is 31.5 Å². The number of halogens is 3. The number of hydrogen-bond donors (Lipinski definition) is 2. The van der Waals surface area contributed by atoms with Gasteiger partial charge in [0.05, 0.1) is 18.7 Å². The van der Waals surface area contributed by atoms with E-state index in [0.29, 0.717) is 24.6 Å². The highest BCUT2D eigenvalue weighted by atomic mass is 19.4. The second-order valence-electron chi connectivity index (χ2n) is 5.47. The van der Waals surface area contributed by atoms with Crippen molar-refractivity contribution in [2.75, 3.05) is 6.54 Å². The lowest BCUT2D eigenvalue weighted by Crippen LogP contribution is -2.37. The van der Waals surface area contributed by atoms with Gasteiger partial charge < -0.3 is 15.2 Å². The minimum absolute atomic E-state index is 0.269. The van der Waals surface area contributed by atoms with Crippen LogP contribution in [0.1, 0.15) is 29.7 Å². The van der Waals surface area contributed by atoms with Crippen LogP contribution in [0.4, 0.5) is 13.2 Å². The molecule has 1 aromatic heterocycles. The zero-order valence-electron chi connectivity index (χ0n) is 14.4. The van der Waals surface area contributed by atoms with Crippen molar-refractivity contribution in [3.8, 4) is 0 Å². The van der Waals surface area contributed by atoms with Crippen LogP contribution in [-0.2, 0) is 26.3 Å². The Hall–Kier alpha value is -2.58. The average Bonchev–Trinajstić information content (AvgIpc) is 2.89. The molecule has 2 aromatic rings. The van der Waals surface area contributed by atoms with Gasteiger partial charge >= 0.3 is 6.18 Å². The molecule has 0 radical (unpaired) electrons. The van der Waals surface area contributed by atoms with Crippen LogP contribution in [0.2, 0.25) is 0 Å². The van der Waals surface area contributed by atoms with Gasteiger partial charge in [0.2, 0.25) is 0 Å². The highest BCUT2D eigenvalue weighted by Gasteiger charge is 2.29. The van der Waals surface area contributed by atoms with Crippen molar-refractivity contribution in [3.05, 3.63) is 47.0 Å². The van der Waals surface area contributed by atoms with Gasteiger partial charge in [0, 0.05) is 13.6 Å². The number of nitrogens with zero attached hydrogens (tertiary/aromatic N) is 4. The smallest absolute Gasteiger partial charge is 0.357 e. The van der Waals surface area contributed by atoms with Crippen LogP contribution in [0.25, 0.3) is 0 Å². The van der Waals surface area contributed by atoms with E-state index in [4.69, 9.17) is 0 Å². The van der Waals surface area contributed by atoms with Gasteiger partial charge in [0.25, 0.3) is 0 Å². The molecule has 0 fully saturated rings. The van der Waals surface area contributed by atoms with Crippen LogP contribution in [-0.4, -0.2) is 27.3 Å². The standard InChI is InChI=1S/C16H21F3N6/c1-4-20-15(22-10-14-24-23-11(2)25(14)3)21-9-12-5-7-13(8-6-12)16(17,18)19/h5-8H,4,9-10H2,1-3H3,(H2,20,21,22). The third kappa shape index (κ3) is 5.20. The van der Waals surface area contributed by atoms with Crippen molar-refractivity contribution in [1.29, 1.82) is 0 Å². The topological polar surface area (TPSA) is 67.1 Å². The van der Waals surface area contributed by atoms with E-state index in [-0.39, 0.29) is 6.54 Å². The number of aliphatic imine (C=N–C) groups is 1. The number of aromatic nitrogens is 3. The fraction of sp³-hybridized carbons (Fsp3) is 0.438. The average molecular weight is 354 g/mol. The highest BCUT2D eigenvalue weighted by Crippen LogP contribution is 2.29. The van der Waals surface area contributed by atoms with Crippen molar-refractivity contribution in [2.24, 2.45) is 12.0 Å². The van der Waals surface area contributed by atoms with Gasteiger partial charge in [-0.2, -0.15) is 13.2 Å². The van der Waals surface area contributed by atoms with Gasteiger partial charge in [-0.1, -0.05) is 12.1 Å². The molecule has 0 aliphatic rings. The van der Waals surface area contributed by atoms with Crippen LogP contribution in [0.15, 0.2) is 29.3 Å². The van der Waals surface area contributed by atoms with Gasteiger partial charge in [-0.15, -0.1) is 10.2 Å². The van der Waals surface area contributed by atoms with E-state index in [1.54, 1.807) is 0 Å².